The van der Waals surface area contributed by atoms with Crippen molar-refractivity contribution in [3.63, 3.8) is 0 Å². The van der Waals surface area contributed by atoms with Gasteiger partial charge in [-0.3, -0.25) is 0 Å². The van der Waals surface area contributed by atoms with Crippen molar-refractivity contribution >= 4 is 11.4 Å². The maximum absolute atomic E-state index is 3.90. The first-order valence-electron chi connectivity index (χ1n) is 9.54. The second-order valence-corrected chi connectivity index (χ2v) is 6.62. The Kier molecular flexibility index (Phi) is 8.33. The third-order valence-corrected chi connectivity index (χ3v) is 4.74. The van der Waals surface area contributed by atoms with Crippen molar-refractivity contribution in [3.05, 3.63) is 60.7 Å². The Bertz CT molecular complexity index is 581. The van der Waals surface area contributed by atoms with Crippen LogP contribution in [0.1, 0.15) is 39.5 Å². The Morgan fingerprint density at radius 1 is 1.12 bits per heavy atom. The number of anilines is 2. The molecule has 0 atom stereocenters. The maximum atomic E-state index is 3.90. The molecule has 0 bridgehead atoms. The van der Waals surface area contributed by atoms with Gasteiger partial charge in [0.1, 0.15) is 0 Å². The summed E-state index contributed by atoms with van der Waals surface area (Å²) in [5.41, 5.74) is 3.68. The highest BCUT2D eigenvalue weighted by molar-refractivity contribution is 5.68. The third-order valence-electron chi connectivity index (χ3n) is 4.74. The van der Waals surface area contributed by atoms with E-state index in [2.05, 4.69) is 65.9 Å². The van der Waals surface area contributed by atoms with Gasteiger partial charge in [-0.15, -0.1) is 0 Å². The number of rotatable bonds is 9. The smallest absolute Gasteiger partial charge is 0.0578 e. The Balaban J connectivity index is 1.79. The zero-order valence-electron chi connectivity index (χ0n) is 15.7. The van der Waals surface area contributed by atoms with E-state index < -0.39 is 0 Å². The highest BCUT2D eigenvalue weighted by atomic mass is 15.0. The molecule has 1 aliphatic carbocycles. The highest BCUT2D eigenvalue weighted by Gasteiger charge is 2.21. The van der Waals surface area contributed by atoms with E-state index in [4.69, 9.17) is 0 Å². The van der Waals surface area contributed by atoms with Crippen LogP contribution in [0, 0.1) is 0 Å². The Labute approximate surface area is 153 Å². The van der Waals surface area contributed by atoms with E-state index in [9.17, 15) is 0 Å². The zero-order valence-corrected chi connectivity index (χ0v) is 15.7. The van der Waals surface area contributed by atoms with Crippen LogP contribution in [-0.2, 0) is 0 Å². The fraction of sp³-hybridized carbons (Fsp3) is 0.455. The van der Waals surface area contributed by atoms with Crippen LogP contribution >= 0.6 is 0 Å². The molecule has 0 aromatic heterocycles. The van der Waals surface area contributed by atoms with Crippen molar-refractivity contribution in [3.8, 4) is 0 Å². The summed E-state index contributed by atoms with van der Waals surface area (Å²) in [4.78, 5) is 0. The van der Waals surface area contributed by atoms with Crippen LogP contribution in [0.25, 0.3) is 0 Å². The molecule has 0 spiro atoms. The van der Waals surface area contributed by atoms with E-state index in [1.165, 1.54) is 42.6 Å². The van der Waals surface area contributed by atoms with Gasteiger partial charge in [-0.25, -0.2) is 0 Å². The first-order chi connectivity index (χ1) is 12.3. The molecule has 3 N–H and O–H groups in total. The molecule has 0 saturated heterocycles. The summed E-state index contributed by atoms with van der Waals surface area (Å²) in [7, 11) is 0. The molecular weight excluding hydrogens is 306 g/mol. The molecule has 2 rings (SSSR count). The van der Waals surface area contributed by atoms with Gasteiger partial charge in [-0.2, -0.15) is 0 Å². The minimum absolute atomic E-state index is 0.565. The van der Waals surface area contributed by atoms with Crippen molar-refractivity contribution in [1.29, 1.82) is 0 Å². The largest absolute Gasteiger partial charge is 0.384 e. The molecule has 136 valence electrons. The monoisotopic (exact) mass is 339 g/mol. The molecular formula is C22H33N3. The van der Waals surface area contributed by atoms with Crippen LogP contribution in [-0.4, -0.2) is 25.2 Å². The standard InChI is InChI=1S/C22H33N3/c1-4-7-10-18(5-2)17-24-19-13-15-20(16-14-19)25-22-12-9-8-11-21(22)23-6-3/h4-5,7-12,19-20,23-25H,2,6,13-17H2,1,3H3/b7-4-,18-10+. The van der Waals surface area contributed by atoms with Crippen molar-refractivity contribution in [2.24, 2.45) is 0 Å². The zero-order chi connectivity index (χ0) is 17.9. The molecule has 1 aliphatic rings. The fourth-order valence-corrected chi connectivity index (χ4v) is 3.30. The van der Waals surface area contributed by atoms with Crippen LogP contribution in [0.15, 0.2) is 60.7 Å². The Morgan fingerprint density at radius 2 is 1.80 bits per heavy atom. The lowest BCUT2D eigenvalue weighted by Crippen LogP contribution is -2.37. The molecule has 1 saturated carbocycles. The maximum Gasteiger partial charge on any atom is 0.0578 e. The first kappa shape index (κ1) is 19.3. The van der Waals surface area contributed by atoms with Crippen molar-refractivity contribution in [1.82, 2.24) is 5.32 Å². The topological polar surface area (TPSA) is 36.1 Å². The van der Waals surface area contributed by atoms with Crippen molar-refractivity contribution in [2.75, 3.05) is 23.7 Å². The minimum Gasteiger partial charge on any atom is -0.384 e. The number of allylic oxidation sites excluding steroid dienone is 3. The minimum atomic E-state index is 0.565. The van der Waals surface area contributed by atoms with E-state index in [1.54, 1.807) is 0 Å². The number of hydrogen-bond acceptors (Lipinski definition) is 3. The van der Waals surface area contributed by atoms with Crippen molar-refractivity contribution < 1.29 is 0 Å². The fourth-order valence-electron chi connectivity index (χ4n) is 3.30. The molecule has 1 aromatic carbocycles. The second-order valence-electron chi connectivity index (χ2n) is 6.62. The summed E-state index contributed by atoms with van der Waals surface area (Å²) < 4.78 is 0. The summed E-state index contributed by atoms with van der Waals surface area (Å²) >= 11 is 0. The predicted octanol–water partition coefficient (Wildman–Crippen LogP) is 5.12. The lowest BCUT2D eigenvalue weighted by atomic mass is 9.90. The Morgan fingerprint density at radius 3 is 2.44 bits per heavy atom. The summed E-state index contributed by atoms with van der Waals surface area (Å²) in [5.74, 6) is 0. The third kappa shape index (κ3) is 6.43. The molecule has 3 nitrogen and oxygen atoms in total. The summed E-state index contributed by atoms with van der Waals surface area (Å²) in [6.07, 6.45) is 13.0. The number of hydrogen-bond donors (Lipinski definition) is 3. The van der Waals surface area contributed by atoms with Gasteiger partial charge in [-0.05, 0) is 57.2 Å². The van der Waals surface area contributed by atoms with Gasteiger partial charge in [0.2, 0.25) is 0 Å². The lowest BCUT2D eigenvalue weighted by molar-refractivity contribution is 0.362. The molecule has 0 heterocycles. The number of para-hydroxylation sites is 2. The summed E-state index contributed by atoms with van der Waals surface area (Å²) in [5, 5.41) is 10.9. The normalized spacial score (nSPS) is 21.3. The van der Waals surface area contributed by atoms with Crippen molar-refractivity contribution in [2.45, 2.75) is 51.6 Å². The molecule has 25 heavy (non-hydrogen) atoms. The molecule has 0 amide bonds. The average molecular weight is 340 g/mol. The first-order valence-corrected chi connectivity index (χ1v) is 9.54. The number of benzene rings is 1. The van der Waals surface area contributed by atoms with Gasteiger partial charge in [0.15, 0.2) is 0 Å². The van der Waals surface area contributed by atoms with Gasteiger partial charge in [0.05, 0.1) is 11.4 Å². The summed E-state index contributed by atoms with van der Waals surface area (Å²) in [6.45, 7) is 9.92. The van der Waals surface area contributed by atoms with Crippen LogP contribution in [0.3, 0.4) is 0 Å². The van der Waals surface area contributed by atoms with Gasteiger partial charge in [0.25, 0.3) is 0 Å². The van der Waals surface area contributed by atoms with Gasteiger partial charge in [-0.1, -0.05) is 43.0 Å². The summed E-state index contributed by atoms with van der Waals surface area (Å²) in [6, 6.07) is 9.68. The lowest BCUT2D eigenvalue weighted by Gasteiger charge is -2.31. The van der Waals surface area contributed by atoms with E-state index in [1.807, 2.05) is 19.1 Å². The van der Waals surface area contributed by atoms with E-state index in [0.717, 1.165) is 13.1 Å². The molecule has 0 radical (unpaired) electrons. The average Bonchev–Trinajstić information content (AvgIpc) is 2.65. The van der Waals surface area contributed by atoms with Crippen LogP contribution in [0.2, 0.25) is 0 Å². The number of nitrogens with one attached hydrogen (secondary N) is 3. The molecule has 1 aromatic rings. The van der Waals surface area contributed by atoms with E-state index >= 15 is 0 Å². The quantitative estimate of drug-likeness (QED) is 0.547. The molecule has 0 unspecified atom stereocenters. The van der Waals surface area contributed by atoms with Crippen LogP contribution in [0.5, 0.6) is 0 Å². The van der Waals surface area contributed by atoms with Crippen LogP contribution < -0.4 is 16.0 Å². The van der Waals surface area contributed by atoms with Gasteiger partial charge < -0.3 is 16.0 Å². The van der Waals surface area contributed by atoms with Gasteiger partial charge in [0, 0.05) is 25.2 Å². The van der Waals surface area contributed by atoms with E-state index in [0.29, 0.717) is 12.1 Å². The van der Waals surface area contributed by atoms with Crippen LogP contribution in [0.4, 0.5) is 11.4 Å². The molecule has 3 heteroatoms. The predicted molar refractivity (Wildman–Crippen MR) is 111 cm³/mol. The Hall–Kier alpha value is -2.00. The molecule has 1 fully saturated rings. The second kappa shape index (κ2) is 10.8. The molecule has 0 aliphatic heterocycles. The highest BCUT2D eigenvalue weighted by Crippen LogP contribution is 2.26. The van der Waals surface area contributed by atoms with E-state index in [-0.39, 0.29) is 0 Å². The van der Waals surface area contributed by atoms with Gasteiger partial charge >= 0.3 is 0 Å². The SMILES string of the molecule is C=C/C(=C\C=C/C)CNC1CCC(Nc2ccccc2NCC)CC1.